The van der Waals surface area contributed by atoms with Crippen molar-refractivity contribution in [3.8, 4) is 0 Å². The molecule has 2 rings (SSSR count). The molecule has 5 unspecified atom stereocenters. The van der Waals surface area contributed by atoms with Crippen LogP contribution in [0.5, 0.6) is 0 Å². The summed E-state index contributed by atoms with van der Waals surface area (Å²) in [6.07, 6.45) is 10.0. The van der Waals surface area contributed by atoms with E-state index in [4.69, 9.17) is 0 Å². The van der Waals surface area contributed by atoms with Crippen LogP contribution >= 0.6 is 0 Å². The molecule has 22 heavy (non-hydrogen) atoms. The van der Waals surface area contributed by atoms with Gasteiger partial charge in [0.05, 0.1) is 0 Å². The van der Waals surface area contributed by atoms with E-state index in [0.29, 0.717) is 16.2 Å². The minimum Gasteiger partial charge on any atom is -0.0654 e. The Morgan fingerprint density at radius 3 is 1.95 bits per heavy atom. The lowest BCUT2D eigenvalue weighted by Gasteiger charge is -2.38. The van der Waals surface area contributed by atoms with Crippen LogP contribution in [0.25, 0.3) is 0 Å². The van der Waals surface area contributed by atoms with Gasteiger partial charge in [-0.25, -0.2) is 0 Å². The van der Waals surface area contributed by atoms with E-state index in [2.05, 4.69) is 55.4 Å². The highest BCUT2D eigenvalue weighted by Crippen LogP contribution is 2.84. The van der Waals surface area contributed by atoms with Gasteiger partial charge in [-0.1, -0.05) is 68.2 Å². The van der Waals surface area contributed by atoms with Crippen LogP contribution in [0.1, 0.15) is 100 Å². The topological polar surface area (TPSA) is 0 Å². The van der Waals surface area contributed by atoms with Gasteiger partial charge >= 0.3 is 0 Å². The van der Waals surface area contributed by atoms with Crippen molar-refractivity contribution in [2.45, 2.75) is 100 Å². The Morgan fingerprint density at radius 1 is 1.00 bits per heavy atom. The highest BCUT2D eigenvalue weighted by Gasteiger charge is 2.78. The van der Waals surface area contributed by atoms with Gasteiger partial charge < -0.3 is 0 Å². The maximum atomic E-state index is 2.63. The monoisotopic (exact) mass is 306 g/mol. The summed E-state index contributed by atoms with van der Waals surface area (Å²) in [6, 6.07) is 0. The first-order valence-corrected chi connectivity index (χ1v) is 10.1. The zero-order chi connectivity index (χ0) is 16.8. The second-order valence-electron chi connectivity index (χ2n) is 10.1. The highest BCUT2D eigenvalue weighted by molar-refractivity contribution is 5.26. The maximum absolute atomic E-state index is 2.63. The number of unbranched alkanes of at least 4 members (excludes halogenated alkanes) is 1. The molecule has 0 heterocycles. The van der Waals surface area contributed by atoms with Crippen molar-refractivity contribution >= 4 is 0 Å². The molecule has 2 aliphatic rings. The molecule has 0 amide bonds. The summed E-state index contributed by atoms with van der Waals surface area (Å²) >= 11 is 0. The molecular formula is C22H42. The Hall–Kier alpha value is 0. The predicted molar refractivity (Wildman–Crippen MR) is 99.0 cm³/mol. The summed E-state index contributed by atoms with van der Waals surface area (Å²) in [5, 5.41) is 0. The van der Waals surface area contributed by atoms with Gasteiger partial charge in [-0.15, -0.1) is 0 Å². The number of fused-ring (bicyclic) bond motifs is 1. The van der Waals surface area contributed by atoms with E-state index in [1.165, 1.54) is 44.9 Å². The molecule has 0 aliphatic heterocycles. The van der Waals surface area contributed by atoms with E-state index in [-0.39, 0.29) is 0 Å². The van der Waals surface area contributed by atoms with E-state index >= 15 is 0 Å². The Kier molecular flexibility index (Phi) is 5.12. The molecule has 0 radical (unpaired) electrons. The van der Waals surface area contributed by atoms with Crippen molar-refractivity contribution in [2.24, 2.45) is 39.9 Å². The fraction of sp³-hybridized carbons (Fsp3) is 1.00. The van der Waals surface area contributed by atoms with E-state index < -0.39 is 0 Å². The van der Waals surface area contributed by atoms with Crippen molar-refractivity contribution in [1.29, 1.82) is 0 Å². The summed E-state index contributed by atoms with van der Waals surface area (Å²) in [5.74, 6) is 3.60. The second-order valence-corrected chi connectivity index (χ2v) is 10.1. The van der Waals surface area contributed by atoms with Crippen LogP contribution in [0, 0.1) is 39.9 Å². The number of hydrogen-bond donors (Lipinski definition) is 0. The quantitative estimate of drug-likeness (QED) is 0.418. The molecule has 0 aromatic heterocycles. The van der Waals surface area contributed by atoms with Gasteiger partial charge in [0.1, 0.15) is 0 Å². The standard InChI is InChI=1S/C22H42/c1-9-10-12-20(6,13-11-17(4)16(2)3)18(5)19-21(7)14-15-22(19,21)8/h16-19H,9-15H2,1-8H3. The van der Waals surface area contributed by atoms with Gasteiger partial charge in [0.25, 0.3) is 0 Å². The van der Waals surface area contributed by atoms with Gasteiger partial charge in [0, 0.05) is 0 Å². The van der Waals surface area contributed by atoms with Crippen LogP contribution in [0.2, 0.25) is 0 Å². The molecule has 2 fully saturated rings. The van der Waals surface area contributed by atoms with E-state index in [9.17, 15) is 0 Å². The minimum absolute atomic E-state index is 0.563. The Bertz CT molecular complexity index is 367. The predicted octanol–water partition coefficient (Wildman–Crippen LogP) is 7.33. The fourth-order valence-corrected chi connectivity index (χ4v) is 5.78. The second kappa shape index (κ2) is 6.14. The third-order valence-corrected chi connectivity index (χ3v) is 8.77. The molecular weight excluding hydrogens is 264 g/mol. The lowest BCUT2D eigenvalue weighted by Crippen LogP contribution is -2.29. The summed E-state index contributed by atoms with van der Waals surface area (Å²) in [7, 11) is 0. The van der Waals surface area contributed by atoms with Crippen LogP contribution in [-0.4, -0.2) is 0 Å². The van der Waals surface area contributed by atoms with Crippen molar-refractivity contribution in [2.75, 3.05) is 0 Å². The summed E-state index contributed by atoms with van der Waals surface area (Å²) in [6.45, 7) is 20.0. The summed E-state index contributed by atoms with van der Waals surface area (Å²) < 4.78 is 0. The van der Waals surface area contributed by atoms with Gasteiger partial charge in [-0.05, 0) is 72.0 Å². The third-order valence-electron chi connectivity index (χ3n) is 8.77. The first-order valence-electron chi connectivity index (χ1n) is 10.1. The molecule has 0 saturated heterocycles. The molecule has 0 spiro atoms. The van der Waals surface area contributed by atoms with Gasteiger partial charge in [0.2, 0.25) is 0 Å². The van der Waals surface area contributed by atoms with Crippen LogP contribution in [0.4, 0.5) is 0 Å². The van der Waals surface area contributed by atoms with Crippen molar-refractivity contribution in [1.82, 2.24) is 0 Å². The van der Waals surface area contributed by atoms with Gasteiger partial charge in [-0.3, -0.25) is 0 Å². The zero-order valence-corrected chi connectivity index (χ0v) is 16.8. The Morgan fingerprint density at radius 2 is 1.55 bits per heavy atom. The largest absolute Gasteiger partial charge is 0.0654 e. The lowest BCUT2D eigenvalue weighted by molar-refractivity contribution is 0.114. The van der Waals surface area contributed by atoms with Crippen LogP contribution in [-0.2, 0) is 0 Å². The van der Waals surface area contributed by atoms with Crippen molar-refractivity contribution in [3.63, 3.8) is 0 Å². The normalized spacial score (nSPS) is 38.9. The van der Waals surface area contributed by atoms with Crippen LogP contribution < -0.4 is 0 Å². The van der Waals surface area contributed by atoms with Gasteiger partial charge in [-0.2, -0.15) is 0 Å². The summed E-state index contributed by atoms with van der Waals surface area (Å²) in [4.78, 5) is 0. The van der Waals surface area contributed by atoms with Crippen LogP contribution in [0.15, 0.2) is 0 Å². The van der Waals surface area contributed by atoms with E-state index in [1.807, 2.05) is 0 Å². The maximum Gasteiger partial charge on any atom is -0.0232 e. The molecule has 2 saturated carbocycles. The Balaban J connectivity index is 2.05. The third kappa shape index (κ3) is 2.78. The first-order chi connectivity index (χ1) is 10.1. The van der Waals surface area contributed by atoms with Crippen molar-refractivity contribution < 1.29 is 0 Å². The van der Waals surface area contributed by atoms with E-state index in [1.54, 1.807) is 0 Å². The molecule has 0 nitrogen and oxygen atoms in total. The SMILES string of the molecule is CCCCC(C)(CCC(C)C(C)C)C(C)C1C2(C)CCC12C. The van der Waals surface area contributed by atoms with Crippen molar-refractivity contribution in [3.05, 3.63) is 0 Å². The molecule has 0 heteroatoms. The average molecular weight is 307 g/mol. The molecule has 5 atom stereocenters. The zero-order valence-electron chi connectivity index (χ0n) is 16.8. The fourth-order valence-electron chi connectivity index (χ4n) is 5.78. The number of rotatable bonds is 9. The minimum atomic E-state index is 0.563. The van der Waals surface area contributed by atoms with Gasteiger partial charge in [0.15, 0.2) is 0 Å². The molecule has 0 N–H and O–H groups in total. The van der Waals surface area contributed by atoms with E-state index in [0.717, 1.165) is 23.7 Å². The number of hydrogen-bond acceptors (Lipinski definition) is 0. The summed E-state index contributed by atoms with van der Waals surface area (Å²) in [5.41, 5.74) is 1.96. The molecule has 0 bridgehead atoms. The highest BCUT2D eigenvalue weighted by atomic mass is 14.8. The molecule has 130 valence electrons. The Labute approximate surface area is 140 Å². The molecule has 0 aromatic carbocycles. The molecule has 2 aliphatic carbocycles. The smallest absolute Gasteiger partial charge is 0.0232 e. The lowest BCUT2D eigenvalue weighted by atomic mass is 9.67. The first kappa shape index (κ1) is 18.3. The molecule has 0 aromatic rings. The average Bonchev–Trinajstić information content (AvgIpc) is 2.81. The van der Waals surface area contributed by atoms with Crippen LogP contribution in [0.3, 0.4) is 0 Å².